The van der Waals surface area contributed by atoms with Crippen LogP contribution in [0.3, 0.4) is 0 Å². The summed E-state index contributed by atoms with van der Waals surface area (Å²) >= 11 is 0. The summed E-state index contributed by atoms with van der Waals surface area (Å²) in [5.74, 6) is 2.56. The largest absolute Gasteiger partial charge is 0.497 e. The molecule has 31 heavy (non-hydrogen) atoms. The Morgan fingerprint density at radius 1 is 0.710 bits per heavy atom. The summed E-state index contributed by atoms with van der Waals surface area (Å²) in [6, 6.07) is 14.0. The van der Waals surface area contributed by atoms with E-state index in [9.17, 15) is 9.59 Å². The predicted octanol–water partition coefficient (Wildman–Crippen LogP) is 5.65. The van der Waals surface area contributed by atoms with Gasteiger partial charge >= 0.3 is 11.3 Å². The molecule has 2 heterocycles. The van der Waals surface area contributed by atoms with Crippen molar-refractivity contribution in [2.24, 2.45) is 0 Å². The lowest BCUT2D eigenvalue weighted by molar-refractivity contribution is 0.414. The minimum absolute atomic E-state index is 0.382. The van der Waals surface area contributed by atoms with E-state index < -0.39 is 0 Å². The molecule has 0 aliphatic carbocycles. The molecule has 0 aliphatic rings. The Bertz CT molecular complexity index is 1240. The highest BCUT2D eigenvalue weighted by Gasteiger charge is 2.10. The van der Waals surface area contributed by atoms with E-state index >= 15 is 0 Å². The van der Waals surface area contributed by atoms with Crippen LogP contribution in [0.15, 0.2) is 67.0 Å². The fraction of sp³-hybridized carbons (Fsp3) is 0.182. The molecule has 0 bridgehead atoms. The summed E-state index contributed by atoms with van der Waals surface area (Å²) in [7, 11) is 7.99. The molecule has 0 aliphatic heterocycles. The highest BCUT2D eigenvalue weighted by Crippen LogP contribution is 2.40. The number of hydrogen-bond donors (Lipinski definition) is 0. The smallest absolute Gasteiger partial charge is 0.336 e. The first-order valence-electron chi connectivity index (χ1n) is 9.20. The molecule has 2 aromatic heterocycles. The Balaban J connectivity index is 1.42. The van der Waals surface area contributed by atoms with Gasteiger partial charge in [-0.2, -0.15) is 0 Å². The van der Waals surface area contributed by atoms with E-state index in [0.29, 0.717) is 34.2 Å². The van der Waals surface area contributed by atoms with Crippen LogP contribution in [0.1, 0.15) is 11.1 Å². The van der Waals surface area contributed by atoms with Crippen molar-refractivity contribution in [1.29, 1.82) is 0 Å². The van der Waals surface area contributed by atoms with E-state index in [1.54, 1.807) is 57.8 Å². The third kappa shape index (κ3) is 5.06. The van der Waals surface area contributed by atoms with Crippen molar-refractivity contribution in [3.8, 4) is 11.5 Å². The van der Waals surface area contributed by atoms with Gasteiger partial charge in [0.15, 0.2) is 0 Å². The number of methoxy groups -OCH3 is 2. The lowest BCUT2D eigenvalue weighted by Crippen LogP contribution is -2.00. The maximum Gasteiger partial charge on any atom is 0.336 e. The van der Waals surface area contributed by atoms with Crippen molar-refractivity contribution < 1.29 is 18.3 Å². The van der Waals surface area contributed by atoms with Crippen LogP contribution in [-0.2, 0) is 11.5 Å². The van der Waals surface area contributed by atoms with Gasteiger partial charge in [0.05, 0.1) is 14.2 Å². The maximum atomic E-state index is 11.9. The maximum absolute atomic E-state index is 11.9. The Kier molecular flexibility index (Phi) is 6.84. The van der Waals surface area contributed by atoms with Gasteiger partial charge in [-0.05, 0) is 45.2 Å². The number of ether oxygens (including phenoxy) is 2. The molecule has 4 aromatic rings. The summed E-state index contributed by atoms with van der Waals surface area (Å²) < 4.78 is 21.0. The number of fused-ring (bicyclic) bond motifs is 2. The van der Waals surface area contributed by atoms with Gasteiger partial charge in [-0.3, -0.25) is 0 Å². The predicted molar refractivity (Wildman–Crippen MR) is 128 cm³/mol. The molecule has 0 spiro atoms. The molecule has 0 unspecified atom stereocenters. The third-order valence-electron chi connectivity index (χ3n) is 4.60. The van der Waals surface area contributed by atoms with E-state index in [0.717, 1.165) is 21.9 Å². The van der Waals surface area contributed by atoms with E-state index in [4.69, 9.17) is 18.3 Å². The number of benzene rings is 2. The monoisotopic (exact) mass is 474 g/mol. The van der Waals surface area contributed by atoms with Gasteiger partial charge in [-0.15, -0.1) is 0 Å². The van der Waals surface area contributed by atoms with Crippen LogP contribution < -0.4 is 20.7 Å². The first-order valence-corrected chi connectivity index (χ1v) is 13.0. The summed E-state index contributed by atoms with van der Waals surface area (Å²) in [5, 5.41) is 1.78. The van der Waals surface area contributed by atoms with Gasteiger partial charge in [-0.25, -0.2) is 9.59 Å². The Labute approximate surface area is 189 Å². The zero-order valence-corrected chi connectivity index (χ0v) is 19.2. The highest BCUT2D eigenvalue weighted by molar-refractivity contribution is 9.09. The van der Waals surface area contributed by atoms with Crippen LogP contribution in [0.5, 0.6) is 11.5 Å². The summed E-state index contributed by atoms with van der Waals surface area (Å²) in [5.41, 5.74) is 2.07. The van der Waals surface area contributed by atoms with Crippen LogP contribution >= 0.6 is 31.4 Å². The van der Waals surface area contributed by atoms with Gasteiger partial charge in [-0.1, -0.05) is 21.6 Å². The summed E-state index contributed by atoms with van der Waals surface area (Å²) in [4.78, 5) is 23.8. The molecule has 2 aromatic carbocycles. The van der Waals surface area contributed by atoms with Crippen LogP contribution in [0.4, 0.5) is 0 Å². The lowest BCUT2D eigenvalue weighted by Gasteiger charge is -2.07. The molecule has 0 saturated carbocycles. The second kappa shape index (κ2) is 9.76. The van der Waals surface area contributed by atoms with Crippen molar-refractivity contribution in [2.45, 2.75) is 11.5 Å². The van der Waals surface area contributed by atoms with Crippen LogP contribution in [0.25, 0.3) is 21.9 Å². The van der Waals surface area contributed by atoms with Gasteiger partial charge in [0.1, 0.15) is 22.7 Å². The minimum atomic E-state index is -0.382. The summed E-state index contributed by atoms with van der Waals surface area (Å²) in [6.45, 7) is 0. The normalized spacial score (nSPS) is 11.2. The van der Waals surface area contributed by atoms with Crippen LogP contribution in [0.2, 0.25) is 0 Å². The molecule has 0 fully saturated rings. The molecule has 0 radical (unpaired) electrons. The average molecular weight is 475 g/mol. The van der Waals surface area contributed by atoms with Crippen molar-refractivity contribution in [2.75, 3.05) is 14.2 Å². The second-order valence-electron chi connectivity index (χ2n) is 6.50. The number of hydrogen-bond acceptors (Lipinski definition) is 9. The van der Waals surface area contributed by atoms with Crippen LogP contribution in [-0.4, -0.2) is 14.2 Å². The van der Waals surface area contributed by atoms with Crippen molar-refractivity contribution in [3.05, 3.63) is 80.5 Å². The Hall–Kier alpha value is -2.49. The van der Waals surface area contributed by atoms with Gasteiger partial charge < -0.3 is 18.3 Å². The Morgan fingerprint density at radius 2 is 1.16 bits per heavy atom. The molecule has 0 atom stereocenters. The molecule has 6 nitrogen and oxygen atoms in total. The van der Waals surface area contributed by atoms with E-state index in [2.05, 4.69) is 0 Å². The van der Waals surface area contributed by atoms with Gasteiger partial charge in [0.25, 0.3) is 0 Å². The first kappa shape index (κ1) is 21.7. The van der Waals surface area contributed by atoms with Crippen molar-refractivity contribution >= 4 is 53.4 Å². The molecule has 0 N–H and O–H groups in total. The second-order valence-corrected chi connectivity index (χ2v) is 10.7. The zero-order valence-electron chi connectivity index (χ0n) is 16.7. The zero-order chi connectivity index (χ0) is 21.8. The van der Waals surface area contributed by atoms with E-state index in [-0.39, 0.29) is 11.3 Å². The third-order valence-corrected chi connectivity index (χ3v) is 8.67. The topological polar surface area (TPSA) is 78.9 Å². The van der Waals surface area contributed by atoms with Gasteiger partial charge in [0.2, 0.25) is 0 Å². The van der Waals surface area contributed by atoms with E-state index in [1.807, 2.05) is 24.3 Å². The minimum Gasteiger partial charge on any atom is -0.497 e. The standard InChI is InChI=1S/C22H18O6S3/c1-25-15-3-5-17-13(7-21(23)27-19(17)9-15)11-29-31-30-12-14-8-22(24)28-20-10-16(26-2)4-6-18(14)20/h3-10H,11-12H2,1-2H3. The quantitative estimate of drug-likeness (QED) is 0.183. The summed E-state index contributed by atoms with van der Waals surface area (Å²) in [6.07, 6.45) is 0. The molecular formula is C22H18O6S3. The fourth-order valence-electron chi connectivity index (χ4n) is 3.12. The first-order chi connectivity index (χ1) is 15.1. The van der Waals surface area contributed by atoms with Crippen LogP contribution in [0, 0.1) is 0 Å². The van der Waals surface area contributed by atoms with Crippen molar-refractivity contribution in [1.82, 2.24) is 0 Å². The fourth-order valence-corrected chi connectivity index (χ4v) is 6.75. The SMILES string of the molecule is COc1ccc2c(CSSSCc3cc(=O)oc4cc(OC)ccc34)cc(=O)oc2c1. The highest BCUT2D eigenvalue weighted by atomic mass is 33.5. The van der Waals surface area contributed by atoms with Gasteiger partial charge in [0, 0.05) is 46.5 Å². The van der Waals surface area contributed by atoms with Crippen molar-refractivity contribution in [3.63, 3.8) is 0 Å². The molecular weight excluding hydrogens is 456 g/mol. The molecule has 160 valence electrons. The van der Waals surface area contributed by atoms with E-state index in [1.165, 1.54) is 12.1 Å². The molecule has 9 heteroatoms. The Morgan fingerprint density at radius 3 is 1.58 bits per heavy atom. The lowest BCUT2D eigenvalue weighted by atomic mass is 10.1. The average Bonchev–Trinajstić information content (AvgIpc) is 2.77. The molecule has 0 saturated heterocycles. The molecule has 4 rings (SSSR count). The molecule has 0 amide bonds. The number of rotatable bonds is 8.